The Kier molecular flexibility index (Phi) is 3.03. The Hall–Kier alpha value is -2.16. The fourth-order valence-electron chi connectivity index (χ4n) is 2.57. The first-order valence-corrected chi connectivity index (χ1v) is 6.58. The molecule has 19 heavy (non-hydrogen) atoms. The fourth-order valence-corrected chi connectivity index (χ4v) is 2.57. The standard InChI is InChI=1S/C16H16N2O/c19-15(13-7-11-17-12-8-13)18-16(9-4-10-16)14-5-2-1-3-6-14/h1-3,5-8,11-12H,4,9-10H2,(H,18,19). The van der Waals surface area contributed by atoms with Crippen molar-refractivity contribution in [2.75, 3.05) is 0 Å². The molecule has 1 aromatic heterocycles. The van der Waals surface area contributed by atoms with E-state index in [-0.39, 0.29) is 11.4 Å². The van der Waals surface area contributed by atoms with E-state index in [9.17, 15) is 4.79 Å². The molecule has 1 aromatic carbocycles. The second kappa shape index (κ2) is 4.84. The first kappa shape index (κ1) is 11.9. The van der Waals surface area contributed by atoms with Gasteiger partial charge in [0.2, 0.25) is 0 Å². The molecule has 96 valence electrons. The van der Waals surface area contributed by atoms with Gasteiger partial charge in [-0.1, -0.05) is 30.3 Å². The molecule has 1 fully saturated rings. The summed E-state index contributed by atoms with van der Waals surface area (Å²) >= 11 is 0. The fraction of sp³-hybridized carbons (Fsp3) is 0.250. The predicted octanol–water partition coefficient (Wildman–Crippen LogP) is 2.89. The van der Waals surface area contributed by atoms with E-state index in [0.717, 1.165) is 19.3 Å². The van der Waals surface area contributed by atoms with Crippen molar-refractivity contribution in [3.8, 4) is 0 Å². The van der Waals surface area contributed by atoms with Crippen LogP contribution in [0.5, 0.6) is 0 Å². The quantitative estimate of drug-likeness (QED) is 0.912. The van der Waals surface area contributed by atoms with Crippen LogP contribution >= 0.6 is 0 Å². The maximum absolute atomic E-state index is 12.3. The minimum Gasteiger partial charge on any atom is -0.343 e. The first-order chi connectivity index (χ1) is 9.30. The summed E-state index contributed by atoms with van der Waals surface area (Å²) in [6.07, 6.45) is 6.46. The normalized spacial score (nSPS) is 16.4. The van der Waals surface area contributed by atoms with Gasteiger partial charge in [-0.25, -0.2) is 0 Å². The van der Waals surface area contributed by atoms with Gasteiger partial charge >= 0.3 is 0 Å². The average Bonchev–Trinajstić information content (AvgIpc) is 2.44. The van der Waals surface area contributed by atoms with Crippen LogP contribution in [0, 0.1) is 0 Å². The molecule has 1 aliphatic rings. The maximum Gasteiger partial charge on any atom is 0.252 e. The lowest BCUT2D eigenvalue weighted by Crippen LogP contribution is -2.50. The predicted molar refractivity (Wildman–Crippen MR) is 73.7 cm³/mol. The molecule has 3 heteroatoms. The Morgan fingerprint density at radius 1 is 1.05 bits per heavy atom. The van der Waals surface area contributed by atoms with Crippen molar-refractivity contribution in [2.24, 2.45) is 0 Å². The Morgan fingerprint density at radius 3 is 2.32 bits per heavy atom. The number of rotatable bonds is 3. The number of nitrogens with one attached hydrogen (secondary N) is 1. The zero-order chi connectivity index (χ0) is 13.1. The van der Waals surface area contributed by atoms with Gasteiger partial charge in [-0.3, -0.25) is 9.78 Å². The second-order valence-corrected chi connectivity index (χ2v) is 4.99. The summed E-state index contributed by atoms with van der Waals surface area (Å²) in [5, 5.41) is 3.20. The van der Waals surface area contributed by atoms with E-state index in [2.05, 4.69) is 22.4 Å². The molecule has 0 spiro atoms. The molecule has 0 unspecified atom stereocenters. The highest BCUT2D eigenvalue weighted by molar-refractivity contribution is 5.94. The lowest BCUT2D eigenvalue weighted by molar-refractivity contribution is 0.0823. The third kappa shape index (κ3) is 2.24. The number of carbonyl (C=O) groups excluding carboxylic acids is 1. The molecule has 0 aliphatic heterocycles. The van der Waals surface area contributed by atoms with E-state index >= 15 is 0 Å². The van der Waals surface area contributed by atoms with Crippen molar-refractivity contribution in [3.63, 3.8) is 0 Å². The van der Waals surface area contributed by atoms with Gasteiger partial charge in [-0.05, 0) is 37.0 Å². The van der Waals surface area contributed by atoms with Crippen LogP contribution in [0.3, 0.4) is 0 Å². The highest BCUT2D eigenvalue weighted by Gasteiger charge is 2.39. The molecular formula is C16H16N2O. The second-order valence-electron chi connectivity index (χ2n) is 4.99. The summed E-state index contributed by atoms with van der Waals surface area (Å²) < 4.78 is 0. The van der Waals surface area contributed by atoms with Gasteiger partial charge in [-0.15, -0.1) is 0 Å². The largest absolute Gasteiger partial charge is 0.343 e. The molecule has 3 nitrogen and oxygen atoms in total. The van der Waals surface area contributed by atoms with E-state index in [0.29, 0.717) is 5.56 Å². The molecular weight excluding hydrogens is 236 g/mol. The molecule has 1 amide bonds. The molecule has 0 radical (unpaired) electrons. The Morgan fingerprint density at radius 2 is 1.74 bits per heavy atom. The van der Waals surface area contributed by atoms with Gasteiger partial charge in [0.05, 0.1) is 5.54 Å². The van der Waals surface area contributed by atoms with Crippen LogP contribution < -0.4 is 5.32 Å². The number of nitrogens with zero attached hydrogens (tertiary/aromatic N) is 1. The molecule has 2 aromatic rings. The van der Waals surface area contributed by atoms with Crippen LogP contribution in [0.4, 0.5) is 0 Å². The van der Waals surface area contributed by atoms with Gasteiger partial charge in [0.25, 0.3) is 5.91 Å². The van der Waals surface area contributed by atoms with Crippen LogP contribution in [0.25, 0.3) is 0 Å². The van der Waals surface area contributed by atoms with Crippen molar-refractivity contribution < 1.29 is 4.79 Å². The van der Waals surface area contributed by atoms with Gasteiger partial charge in [-0.2, -0.15) is 0 Å². The Labute approximate surface area is 112 Å². The number of carbonyl (C=O) groups is 1. The van der Waals surface area contributed by atoms with Crippen molar-refractivity contribution in [3.05, 3.63) is 66.0 Å². The van der Waals surface area contributed by atoms with Crippen LogP contribution in [-0.2, 0) is 5.54 Å². The number of pyridine rings is 1. The van der Waals surface area contributed by atoms with E-state index in [1.54, 1.807) is 24.5 Å². The topological polar surface area (TPSA) is 42.0 Å². The lowest BCUT2D eigenvalue weighted by atomic mass is 9.71. The van der Waals surface area contributed by atoms with Crippen molar-refractivity contribution >= 4 is 5.91 Å². The molecule has 0 saturated heterocycles. The summed E-state index contributed by atoms with van der Waals surface area (Å²) in [4.78, 5) is 16.2. The van der Waals surface area contributed by atoms with Crippen LogP contribution in [0.15, 0.2) is 54.9 Å². The number of benzene rings is 1. The smallest absolute Gasteiger partial charge is 0.252 e. The summed E-state index contributed by atoms with van der Waals surface area (Å²) in [5.41, 5.74) is 1.68. The number of hydrogen-bond donors (Lipinski definition) is 1. The molecule has 3 rings (SSSR count). The third-order valence-corrected chi connectivity index (χ3v) is 3.83. The molecule has 1 saturated carbocycles. The van der Waals surface area contributed by atoms with Crippen molar-refractivity contribution in [1.29, 1.82) is 0 Å². The Bertz CT molecular complexity index is 562. The summed E-state index contributed by atoms with van der Waals surface area (Å²) in [6, 6.07) is 13.7. The highest BCUT2D eigenvalue weighted by Crippen LogP contribution is 2.41. The molecule has 0 atom stereocenters. The zero-order valence-electron chi connectivity index (χ0n) is 10.7. The van der Waals surface area contributed by atoms with Crippen LogP contribution in [-0.4, -0.2) is 10.9 Å². The minimum absolute atomic E-state index is 0.0223. The molecule has 1 N–H and O–H groups in total. The zero-order valence-corrected chi connectivity index (χ0v) is 10.7. The lowest BCUT2D eigenvalue weighted by Gasteiger charge is -2.43. The van der Waals surface area contributed by atoms with Gasteiger partial charge in [0.1, 0.15) is 0 Å². The van der Waals surface area contributed by atoms with Gasteiger partial charge in [0, 0.05) is 18.0 Å². The number of hydrogen-bond acceptors (Lipinski definition) is 2. The van der Waals surface area contributed by atoms with E-state index in [1.807, 2.05) is 18.2 Å². The monoisotopic (exact) mass is 252 g/mol. The van der Waals surface area contributed by atoms with Crippen LogP contribution in [0.2, 0.25) is 0 Å². The van der Waals surface area contributed by atoms with Crippen LogP contribution in [0.1, 0.15) is 35.2 Å². The number of amides is 1. The van der Waals surface area contributed by atoms with E-state index < -0.39 is 0 Å². The third-order valence-electron chi connectivity index (χ3n) is 3.83. The minimum atomic E-state index is -0.179. The highest BCUT2D eigenvalue weighted by atomic mass is 16.1. The summed E-state index contributed by atoms with van der Waals surface area (Å²) in [7, 11) is 0. The molecule has 0 bridgehead atoms. The van der Waals surface area contributed by atoms with Gasteiger partial charge in [0.15, 0.2) is 0 Å². The van der Waals surface area contributed by atoms with Crippen molar-refractivity contribution in [2.45, 2.75) is 24.8 Å². The average molecular weight is 252 g/mol. The summed E-state index contributed by atoms with van der Waals surface area (Å²) in [6.45, 7) is 0. The van der Waals surface area contributed by atoms with Gasteiger partial charge < -0.3 is 5.32 Å². The molecule has 1 heterocycles. The van der Waals surface area contributed by atoms with E-state index in [4.69, 9.17) is 0 Å². The molecule has 1 aliphatic carbocycles. The first-order valence-electron chi connectivity index (χ1n) is 6.58. The van der Waals surface area contributed by atoms with Crippen molar-refractivity contribution in [1.82, 2.24) is 10.3 Å². The maximum atomic E-state index is 12.3. The Balaban J connectivity index is 1.83. The number of aromatic nitrogens is 1. The SMILES string of the molecule is O=C(NC1(c2ccccc2)CCC1)c1ccncc1. The summed E-state index contributed by atoms with van der Waals surface area (Å²) in [5.74, 6) is -0.0223. The van der Waals surface area contributed by atoms with E-state index in [1.165, 1.54) is 5.56 Å².